The number of ether oxygens (including phenoxy) is 2. The third kappa shape index (κ3) is 4.11. The van der Waals surface area contributed by atoms with E-state index in [1.165, 1.54) is 0 Å². The molecule has 0 spiro atoms. The van der Waals surface area contributed by atoms with Crippen LogP contribution in [0.4, 0.5) is 0 Å². The molecule has 128 valence electrons. The maximum Gasteiger partial charge on any atom is 0.191 e. The molecule has 2 N–H and O–H groups in total. The van der Waals surface area contributed by atoms with Crippen LogP contribution in [0.1, 0.15) is 10.7 Å². The van der Waals surface area contributed by atoms with E-state index in [4.69, 9.17) is 15.2 Å². The van der Waals surface area contributed by atoms with Gasteiger partial charge in [0.25, 0.3) is 0 Å². The summed E-state index contributed by atoms with van der Waals surface area (Å²) in [5.41, 5.74) is 8.21. The van der Waals surface area contributed by atoms with Crippen molar-refractivity contribution in [2.45, 2.75) is 13.2 Å². The predicted octanol–water partition coefficient (Wildman–Crippen LogP) is 2.10. The fourth-order valence-electron chi connectivity index (χ4n) is 2.56. The second kappa shape index (κ2) is 8.23. The Balaban J connectivity index is 1.81. The molecule has 1 fully saturated rings. The van der Waals surface area contributed by atoms with Crippen LogP contribution in [0.15, 0.2) is 35.3 Å². The van der Waals surface area contributed by atoms with Gasteiger partial charge in [0.2, 0.25) is 0 Å². The Morgan fingerprint density at radius 1 is 1.33 bits per heavy atom. The molecule has 0 amide bonds. The summed E-state index contributed by atoms with van der Waals surface area (Å²) in [4.78, 5) is 12.4. The number of nitrogens with zero attached hydrogens (tertiary/aromatic N) is 3. The number of morpholine rings is 1. The topological polar surface area (TPSA) is 73.0 Å². The average Bonchev–Trinajstić information content (AvgIpc) is 3.04. The molecule has 0 bridgehead atoms. The van der Waals surface area contributed by atoms with Crippen molar-refractivity contribution in [3.05, 3.63) is 41.0 Å². The van der Waals surface area contributed by atoms with Crippen molar-refractivity contribution in [1.82, 2.24) is 9.88 Å². The van der Waals surface area contributed by atoms with E-state index in [0.29, 0.717) is 32.3 Å². The maximum atomic E-state index is 6.12. The summed E-state index contributed by atoms with van der Waals surface area (Å²) in [7, 11) is 1.68. The fourth-order valence-corrected chi connectivity index (χ4v) is 3.61. The van der Waals surface area contributed by atoms with Crippen molar-refractivity contribution in [2.24, 2.45) is 10.7 Å². The fraction of sp³-hybridized carbons (Fsp3) is 0.412. The summed E-state index contributed by atoms with van der Waals surface area (Å²) in [5.74, 6) is 0.554. The summed E-state index contributed by atoms with van der Waals surface area (Å²) in [6, 6.07) is 10.2. The van der Waals surface area contributed by atoms with E-state index in [1.54, 1.807) is 18.4 Å². The van der Waals surface area contributed by atoms with Gasteiger partial charge in [0.05, 0.1) is 36.9 Å². The Kier molecular flexibility index (Phi) is 5.79. The van der Waals surface area contributed by atoms with Gasteiger partial charge >= 0.3 is 0 Å². The minimum absolute atomic E-state index is 0.466. The summed E-state index contributed by atoms with van der Waals surface area (Å²) in [6.07, 6.45) is 0. The number of benzene rings is 1. The standard InChI is InChI=1S/C17H22N4O2S/c1-22-12-15-20-14(16(24-15)13-5-3-2-4-6-13)11-19-17(18)21-7-9-23-10-8-21/h2-6H,7-12H2,1H3,(H2,18,19). The van der Waals surface area contributed by atoms with Crippen molar-refractivity contribution in [1.29, 1.82) is 0 Å². The third-order valence-electron chi connectivity index (χ3n) is 3.77. The Labute approximate surface area is 145 Å². The number of hydrogen-bond donors (Lipinski definition) is 1. The van der Waals surface area contributed by atoms with Gasteiger partial charge in [0.1, 0.15) is 5.01 Å². The van der Waals surface area contributed by atoms with Crippen LogP contribution in [0.25, 0.3) is 10.4 Å². The van der Waals surface area contributed by atoms with E-state index < -0.39 is 0 Å². The monoisotopic (exact) mass is 346 g/mol. The van der Waals surface area contributed by atoms with E-state index in [2.05, 4.69) is 22.1 Å². The highest BCUT2D eigenvalue weighted by Gasteiger charge is 2.15. The van der Waals surface area contributed by atoms with E-state index in [1.807, 2.05) is 23.1 Å². The lowest BCUT2D eigenvalue weighted by atomic mass is 10.1. The van der Waals surface area contributed by atoms with E-state index in [-0.39, 0.29) is 0 Å². The molecule has 0 saturated carbocycles. The van der Waals surface area contributed by atoms with Crippen LogP contribution in [-0.2, 0) is 22.6 Å². The van der Waals surface area contributed by atoms with Gasteiger partial charge in [-0.05, 0) is 5.56 Å². The van der Waals surface area contributed by atoms with E-state index in [0.717, 1.165) is 34.2 Å². The minimum atomic E-state index is 0.466. The molecular formula is C17H22N4O2S. The highest BCUT2D eigenvalue weighted by atomic mass is 32.1. The Morgan fingerprint density at radius 3 is 2.79 bits per heavy atom. The summed E-state index contributed by atoms with van der Waals surface area (Å²) in [6.45, 7) is 3.93. The van der Waals surface area contributed by atoms with Crippen LogP contribution >= 0.6 is 11.3 Å². The molecule has 3 rings (SSSR count). The number of guanidine groups is 1. The molecule has 24 heavy (non-hydrogen) atoms. The largest absolute Gasteiger partial charge is 0.378 e. The van der Waals surface area contributed by atoms with Crippen molar-refractivity contribution >= 4 is 17.3 Å². The van der Waals surface area contributed by atoms with Crippen LogP contribution < -0.4 is 5.73 Å². The highest BCUT2D eigenvalue weighted by molar-refractivity contribution is 7.15. The molecule has 0 aliphatic carbocycles. The molecule has 2 aromatic rings. The van der Waals surface area contributed by atoms with Crippen molar-refractivity contribution in [2.75, 3.05) is 33.4 Å². The smallest absolute Gasteiger partial charge is 0.191 e. The normalized spacial score (nSPS) is 15.7. The van der Waals surface area contributed by atoms with Crippen LogP contribution in [0.5, 0.6) is 0 Å². The molecule has 1 saturated heterocycles. The zero-order valence-electron chi connectivity index (χ0n) is 13.8. The predicted molar refractivity (Wildman–Crippen MR) is 96.0 cm³/mol. The molecule has 6 nitrogen and oxygen atoms in total. The Bertz CT molecular complexity index is 681. The van der Waals surface area contributed by atoms with Gasteiger partial charge in [0.15, 0.2) is 5.96 Å². The number of nitrogens with two attached hydrogens (primary N) is 1. The second-order valence-electron chi connectivity index (χ2n) is 5.46. The molecule has 1 aromatic heterocycles. The summed E-state index contributed by atoms with van der Waals surface area (Å²) >= 11 is 1.64. The molecule has 1 aliphatic heterocycles. The molecular weight excluding hydrogens is 324 g/mol. The number of hydrogen-bond acceptors (Lipinski definition) is 5. The summed E-state index contributed by atoms with van der Waals surface area (Å²) < 4.78 is 10.6. The first kappa shape index (κ1) is 16.9. The molecule has 1 aromatic carbocycles. The summed E-state index contributed by atoms with van der Waals surface area (Å²) in [5, 5.41) is 0.950. The molecule has 0 unspecified atom stereocenters. The Hall–Kier alpha value is -1.96. The van der Waals surface area contributed by atoms with Gasteiger partial charge in [-0.1, -0.05) is 30.3 Å². The number of aliphatic imine (C=N–C) groups is 1. The third-order valence-corrected chi connectivity index (χ3v) is 4.89. The minimum Gasteiger partial charge on any atom is -0.378 e. The molecule has 1 aliphatic rings. The molecule has 0 atom stereocenters. The van der Waals surface area contributed by atoms with Crippen LogP contribution in [0.2, 0.25) is 0 Å². The first-order chi connectivity index (χ1) is 11.8. The number of thiazole rings is 1. The van der Waals surface area contributed by atoms with Gasteiger partial charge in [-0.15, -0.1) is 11.3 Å². The van der Waals surface area contributed by atoms with Crippen molar-refractivity contribution < 1.29 is 9.47 Å². The molecule has 7 heteroatoms. The zero-order chi connectivity index (χ0) is 16.8. The lowest BCUT2D eigenvalue weighted by Crippen LogP contribution is -2.44. The maximum absolute atomic E-state index is 6.12. The van der Waals surface area contributed by atoms with Crippen LogP contribution in [-0.4, -0.2) is 49.3 Å². The van der Waals surface area contributed by atoms with Gasteiger partial charge in [-0.2, -0.15) is 0 Å². The zero-order valence-corrected chi connectivity index (χ0v) is 14.6. The number of methoxy groups -OCH3 is 1. The number of aromatic nitrogens is 1. The van der Waals surface area contributed by atoms with E-state index in [9.17, 15) is 0 Å². The first-order valence-electron chi connectivity index (χ1n) is 7.93. The number of rotatable bonds is 5. The van der Waals surface area contributed by atoms with Crippen LogP contribution in [0, 0.1) is 0 Å². The lowest BCUT2D eigenvalue weighted by Gasteiger charge is -2.27. The average molecular weight is 346 g/mol. The molecule has 0 radical (unpaired) electrons. The quantitative estimate of drug-likeness (QED) is 0.663. The lowest BCUT2D eigenvalue weighted by molar-refractivity contribution is 0.0674. The van der Waals surface area contributed by atoms with Gasteiger partial charge in [-0.25, -0.2) is 9.98 Å². The van der Waals surface area contributed by atoms with Gasteiger partial charge in [-0.3, -0.25) is 0 Å². The second-order valence-corrected chi connectivity index (χ2v) is 6.54. The van der Waals surface area contributed by atoms with Crippen molar-refractivity contribution in [3.8, 4) is 10.4 Å². The SMILES string of the molecule is COCc1nc(CN=C(N)N2CCOCC2)c(-c2ccccc2)s1. The molecule has 2 heterocycles. The van der Waals surface area contributed by atoms with Gasteiger partial charge < -0.3 is 20.1 Å². The first-order valence-corrected chi connectivity index (χ1v) is 8.75. The van der Waals surface area contributed by atoms with E-state index >= 15 is 0 Å². The van der Waals surface area contributed by atoms with Gasteiger partial charge in [0, 0.05) is 20.2 Å². The van der Waals surface area contributed by atoms with Crippen LogP contribution in [0.3, 0.4) is 0 Å². The highest BCUT2D eigenvalue weighted by Crippen LogP contribution is 2.31. The van der Waals surface area contributed by atoms with Crippen molar-refractivity contribution in [3.63, 3.8) is 0 Å². The Morgan fingerprint density at radius 2 is 2.08 bits per heavy atom.